The van der Waals surface area contributed by atoms with E-state index >= 15 is 0 Å². The van der Waals surface area contributed by atoms with Crippen LogP contribution in [0.3, 0.4) is 0 Å². The molecule has 7 heteroatoms. The van der Waals surface area contributed by atoms with Crippen molar-refractivity contribution in [2.24, 2.45) is 0 Å². The summed E-state index contributed by atoms with van der Waals surface area (Å²) in [5, 5.41) is 5.50. The molecule has 0 aliphatic carbocycles. The first-order valence-corrected chi connectivity index (χ1v) is 8.84. The van der Waals surface area contributed by atoms with Gasteiger partial charge in [0, 0.05) is 30.1 Å². The molecular formula is C22H19N3O4. The molecule has 0 saturated heterocycles. The number of methoxy groups -OCH3 is 1. The fourth-order valence-corrected chi connectivity index (χ4v) is 2.63. The molecule has 2 amide bonds. The van der Waals surface area contributed by atoms with Crippen molar-refractivity contribution < 1.29 is 19.1 Å². The van der Waals surface area contributed by atoms with Gasteiger partial charge in [-0.15, -0.1) is 0 Å². The minimum absolute atomic E-state index is 0.246. The molecule has 0 spiro atoms. The molecule has 2 aromatic carbocycles. The number of benzene rings is 2. The summed E-state index contributed by atoms with van der Waals surface area (Å²) in [5.41, 5.74) is 2.34. The van der Waals surface area contributed by atoms with Crippen LogP contribution in [0.15, 0.2) is 73.1 Å². The van der Waals surface area contributed by atoms with Crippen LogP contribution in [-0.4, -0.2) is 29.9 Å². The van der Waals surface area contributed by atoms with E-state index in [-0.39, 0.29) is 11.5 Å². The largest absolute Gasteiger partial charge is 0.465 e. The summed E-state index contributed by atoms with van der Waals surface area (Å²) in [4.78, 5) is 40.5. The number of carbonyl (C=O) groups excluding carboxylic acids is 3. The van der Waals surface area contributed by atoms with E-state index in [1.54, 1.807) is 60.9 Å². The summed E-state index contributed by atoms with van der Waals surface area (Å²) in [5.74, 6) is -1.18. The third-order valence-corrected chi connectivity index (χ3v) is 4.19. The number of ether oxygens (including phenoxy) is 1. The Hall–Kier alpha value is -4.00. The molecule has 1 heterocycles. The number of para-hydroxylation sites is 1. The van der Waals surface area contributed by atoms with Gasteiger partial charge in [-0.05, 0) is 54.1 Å². The molecule has 0 unspecified atom stereocenters. The van der Waals surface area contributed by atoms with Gasteiger partial charge >= 0.3 is 5.97 Å². The third kappa shape index (κ3) is 5.04. The molecule has 0 atom stereocenters. The molecule has 0 aliphatic rings. The highest BCUT2D eigenvalue weighted by Crippen LogP contribution is 2.17. The molecule has 7 nitrogen and oxygen atoms in total. The lowest BCUT2D eigenvalue weighted by Crippen LogP contribution is -2.23. The van der Waals surface area contributed by atoms with Crippen LogP contribution in [0.5, 0.6) is 0 Å². The highest BCUT2D eigenvalue weighted by molar-refractivity contribution is 6.08. The topological polar surface area (TPSA) is 97.4 Å². The van der Waals surface area contributed by atoms with Gasteiger partial charge in [-0.25, -0.2) is 4.79 Å². The fraction of sp³-hybridized carbons (Fsp3) is 0.0909. The van der Waals surface area contributed by atoms with Gasteiger partial charge in [0.1, 0.15) is 0 Å². The first-order chi connectivity index (χ1) is 14.1. The Morgan fingerprint density at radius 3 is 2.14 bits per heavy atom. The summed E-state index contributed by atoms with van der Waals surface area (Å²) in [6.45, 7) is 0.383. The fourth-order valence-electron chi connectivity index (χ4n) is 2.63. The zero-order valence-electron chi connectivity index (χ0n) is 15.7. The van der Waals surface area contributed by atoms with Crippen LogP contribution in [0.2, 0.25) is 0 Å². The van der Waals surface area contributed by atoms with Crippen molar-refractivity contribution in [3.05, 3.63) is 95.3 Å². The van der Waals surface area contributed by atoms with Crippen LogP contribution in [-0.2, 0) is 11.3 Å². The zero-order chi connectivity index (χ0) is 20.6. The summed E-state index contributed by atoms with van der Waals surface area (Å²) in [6, 6.07) is 16.5. The molecule has 29 heavy (non-hydrogen) atoms. The minimum Gasteiger partial charge on any atom is -0.465 e. The molecule has 0 saturated carbocycles. The quantitative estimate of drug-likeness (QED) is 0.632. The number of nitrogens with one attached hydrogen (secondary N) is 2. The normalized spacial score (nSPS) is 10.1. The molecule has 1 aromatic heterocycles. The van der Waals surface area contributed by atoms with Gasteiger partial charge in [0.25, 0.3) is 11.8 Å². The van der Waals surface area contributed by atoms with E-state index in [4.69, 9.17) is 4.74 Å². The lowest BCUT2D eigenvalue weighted by Gasteiger charge is -2.10. The molecule has 0 fully saturated rings. The highest BCUT2D eigenvalue weighted by Gasteiger charge is 2.15. The van der Waals surface area contributed by atoms with Crippen LogP contribution in [0.4, 0.5) is 5.69 Å². The second-order valence-corrected chi connectivity index (χ2v) is 6.11. The molecule has 3 aromatic rings. The Labute approximate surface area is 167 Å². The summed E-state index contributed by atoms with van der Waals surface area (Å²) < 4.78 is 4.72. The lowest BCUT2D eigenvalue weighted by atomic mass is 10.1. The third-order valence-electron chi connectivity index (χ3n) is 4.19. The number of rotatable bonds is 6. The number of pyridine rings is 1. The van der Waals surface area contributed by atoms with E-state index in [1.807, 2.05) is 12.1 Å². The van der Waals surface area contributed by atoms with Gasteiger partial charge in [-0.3, -0.25) is 14.6 Å². The average molecular weight is 389 g/mol. The minimum atomic E-state index is -0.540. The molecule has 3 rings (SSSR count). The summed E-state index contributed by atoms with van der Waals surface area (Å²) in [6.07, 6.45) is 3.32. The van der Waals surface area contributed by atoms with Gasteiger partial charge in [-0.1, -0.05) is 12.1 Å². The number of hydrogen-bond donors (Lipinski definition) is 2. The van der Waals surface area contributed by atoms with Gasteiger partial charge in [-0.2, -0.15) is 0 Å². The van der Waals surface area contributed by atoms with Gasteiger partial charge in [0.15, 0.2) is 0 Å². The second kappa shape index (κ2) is 9.27. The number of nitrogens with zero attached hydrogens (tertiary/aromatic N) is 1. The average Bonchev–Trinajstić information content (AvgIpc) is 2.78. The van der Waals surface area contributed by atoms with E-state index in [2.05, 4.69) is 15.6 Å². The maximum Gasteiger partial charge on any atom is 0.339 e. The van der Waals surface area contributed by atoms with E-state index in [9.17, 15) is 14.4 Å². The smallest absolute Gasteiger partial charge is 0.339 e. The van der Waals surface area contributed by atoms with Gasteiger partial charge < -0.3 is 15.4 Å². The molecule has 2 N–H and O–H groups in total. The number of carbonyl (C=O) groups is 3. The van der Waals surface area contributed by atoms with E-state index < -0.39 is 11.9 Å². The Bertz CT molecular complexity index is 1020. The summed E-state index contributed by atoms with van der Waals surface area (Å²) in [7, 11) is 1.28. The standard InChI is InChI=1S/C22H19N3O4/c1-29-22(28)18-4-2-3-5-19(18)25-21(27)17-8-6-16(7-9-17)20(26)24-14-15-10-12-23-13-11-15/h2-13H,14H2,1H3,(H,24,26)(H,25,27). The van der Waals surface area contributed by atoms with Crippen molar-refractivity contribution in [1.82, 2.24) is 10.3 Å². The highest BCUT2D eigenvalue weighted by atomic mass is 16.5. The maximum absolute atomic E-state index is 12.5. The SMILES string of the molecule is COC(=O)c1ccccc1NC(=O)c1ccc(C(=O)NCc2ccncc2)cc1. The number of hydrogen-bond acceptors (Lipinski definition) is 5. The molecule has 0 aliphatic heterocycles. The predicted octanol–water partition coefficient (Wildman–Crippen LogP) is 3.05. The number of amides is 2. The second-order valence-electron chi connectivity index (χ2n) is 6.11. The number of esters is 1. The zero-order valence-corrected chi connectivity index (χ0v) is 15.7. The maximum atomic E-state index is 12.5. The Balaban J connectivity index is 1.65. The number of anilines is 1. The van der Waals surface area contributed by atoms with Crippen LogP contribution in [0, 0.1) is 0 Å². The van der Waals surface area contributed by atoms with E-state index in [0.29, 0.717) is 23.4 Å². The predicted molar refractivity (Wildman–Crippen MR) is 108 cm³/mol. The lowest BCUT2D eigenvalue weighted by molar-refractivity contribution is 0.0601. The van der Waals surface area contributed by atoms with E-state index in [1.165, 1.54) is 7.11 Å². The van der Waals surface area contributed by atoms with Crippen LogP contribution in [0.1, 0.15) is 36.6 Å². The van der Waals surface area contributed by atoms with Gasteiger partial charge in [0.2, 0.25) is 0 Å². The van der Waals surface area contributed by atoms with Crippen LogP contribution < -0.4 is 10.6 Å². The number of aromatic nitrogens is 1. The molecule has 0 bridgehead atoms. The molecule has 0 radical (unpaired) electrons. The van der Waals surface area contributed by atoms with Crippen molar-refractivity contribution in [1.29, 1.82) is 0 Å². The van der Waals surface area contributed by atoms with Gasteiger partial charge in [0.05, 0.1) is 18.4 Å². The van der Waals surface area contributed by atoms with E-state index in [0.717, 1.165) is 5.56 Å². The summed E-state index contributed by atoms with van der Waals surface area (Å²) >= 11 is 0. The van der Waals surface area contributed by atoms with Crippen molar-refractivity contribution in [2.75, 3.05) is 12.4 Å². The monoisotopic (exact) mass is 389 g/mol. The Morgan fingerprint density at radius 2 is 1.48 bits per heavy atom. The Morgan fingerprint density at radius 1 is 0.862 bits per heavy atom. The van der Waals surface area contributed by atoms with Crippen molar-refractivity contribution >= 4 is 23.5 Å². The van der Waals surface area contributed by atoms with Crippen LogP contribution in [0.25, 0.3) is 0 Å². The first kappa shape index (κ1) is 19.8. The molecular weight excluding hydrogens is 370 g/mol. The Kier molecular flexibility index (Phi) is 6.32. The first-order valence-electron chi connectivity index (χ1n) is 8.84. The molecule has 146 valence electrons. The van der Waals surface area contributed by atoms with Crippen molar-refractivity contribution in [2.45, 2.75) is 6.54 Å². The van der Waals surface area contributed by atoms with Crippen molar-refractivity contribution in [3.63, 3.8) is 0 Å². The van der Waals surface area contributed by atoms with Crippen molar-refractivity contribution in [3.8, 4) is 0 Å². The van der Waals surface area contributed by atoms with Crippen LogP contribution >= 0.6 is 0 Å².